The lowest BCUT2D eigenvalue weighted by Gasteiger charge is -2.11. The summed E-state index contributed by atoms with van der Waals surface area (Å²) in [6.07, 6.45) is 0.466. The SMILES string of the molecule is O=C(COc1ccccc1F)NNC(=O)C[C@H]1CCS(=O)(=O)C1. The third-order valence-electron chi connectivity index (χ3n) is 3.34. The largest absolute Gasteiger partial charge is 0.481 e. The normalized spacial score (nSPS) is 19.1. The Morgan fingerprint density at radius 2 is 1.91 bits per heavy atom. The molecule has 2 N–H and O–H groups in total. The van der Waals surface area contributed by atoms with Crippen LogP contribution in [-0.2, 0) is 19.4 Å². The van der Waals surface area contributed by atoms with E-state index in [2.05, 4.69) is 10.9 Å². The highest BCUT2D eigenvalue weighted by Gasteiger charge is 2.29. The summed E-state index contributed by atoms with van der Waals surface area (Å²) in [7, 11) is -3.04. The van der Waals surface area contributed by atoms with Gasteiger partial charge in [-0.2, -0.15) is 0 Å². The maximum Gasteiger partial charge on any atom is 0.276 e. The average Bonchev–Trinajstić information content (AvgIpc) is 2.83. The van der Waals surface area contributed by atoms with E-state index in [9.17, 15) is 22.4 Å². The zero-order chi connectivity index (χ0) is 16.9. The van der Waals surface area contributed by atoms with Crippen molar-refractivity contribution in [2.24, 2.45) is 5.92 Å². The van der Waals surface area contributed by atoms with Crippen LogP contribution in [0.3, 0.4) is 0 Å². The summed E-state index contributed by atoms with van der Waals surface area (Å²) in [6.45, 7) is -0.459. The molecule has 1 fully saturated rings. The molecule has 2 amide bonds. The fourth-order valence-corrected chi connectivity index (χ4v) is 4.09. The maximum absolute atomic E-state index is 13.3. The summed E-state index contributed by atoms with van der Waals surface area (Å²) in [5, 5.41) is 0. The standard InChI is InChI=1S/C14H17FN2O5S/c15-11-3-1-2-4-12(11)22-8-14(19)17-16-13(18)7-10-5-6-23(20,21)9-10/h1-4,10H,5-9H2,(H,16,18)(H,17,19)/t10-/m1/s1. The highest BCUT2D eigenvalue weighted by molar-refractivity contribution is 7.91. The van der Waals surface area contributed by atoms with Crippen LogP contribution in [0, 0.1) is 11.7 Å². The number of carbonyl (C=O) groups is 2. The van der Waals surface area contributed by atoms with Crippen LogP contribution >= 0.6 is 0 Å². The van der Waals surface area contributed by atoms with Gasteiger partial charge >= 0.3 is 0 Å². The molecule has 0 radical (unpaired) electrons. The van der Waals surface area contributed by atoms with Gasteiger partial charge in [-0.3, -0.25) is 20.4 Å². The highest BCUT2D eigenvalue weighted by atomic mass is 32.2. The first-order valence-electron chi connectivity index (χ1n) is 7.01. The number of hydrogen-bond acceptors (Lipinski definition) is 5. The fraction of sp³-hybridized carbons (Fsp3) is 0.429. The molecule has 0 unspecified atom stereocenters. The van der Waals surface area contributed by atoms with Gasteiger partial charge < -0.3 is 4.74 Å². The zero-order valence-electron chi connectivity index (χ0n) is 12.2. The molecule has 0 aromatic heterocycles. The van der Waals surface area contributed by atoms with Crippen molar-refractivity contribution in [3.63, 3.8) is 0 Å². The van der Waals surface area contributed by atoms with Gasteiger partial charge in [-0.05, 0) is 24.5 Å². The van der Waals surface area contributed by atoms with Gasteiger partial charge in [0.2, 0.25) is 5.91 Å². The molecule has 0 aliphatic carbocycles. The lowest BCUT2D eigenvalue weighted by Crippen LogP contribution is -2.44. The van der Waals surface area contributed by atoms with Crippen molar-refractivity contribution < 1.29 is 27.1 Å². The molecule has 126 valence electrons. The summed E-state index contributed by atoms with van der Waals surface area (Å²) in [5.74, 6) is -1.94. The van der Waals surface area contributed by atoms with E-state index in [0.717, 1.165) is 0 Å². The second-order valence-corrected chi connectivity index (χ2v) is 7.52. The van der Waals surface area contributed by atoms with Crippen molar-refractivity contribution >= 4 is 21.7 Å². The summed E-state index contributed by atoms with van der Waals surface area (Å²) < 4.78 is 40.8. The van der Waals surface area contributed by atoms with Crippen LogP contribution in [0.2, 0.25) is 0 Å². The minimum atomic E-state index is -3.04. The molecule has 0 bridgehead atoms. The van der Waals surface area contributed by atoms with Gasteiger partial charge in [0, 0.05) is 6.42 Å². The Balaban J connectivity index is 1.68. The molecular weight excluding hydrogens is 327 g/mol. The van der Waals surface area contributed by atoms with Crippen LogP contribution in [0.25, 0.3) is 0 Å². The average molecular weight is 344 g/mol. The molecule has 1 saturated heterocycles. The molecule has 1 aromatic carbocycles. The molecule has 1 aliphatic heterocycles. The molecule has 1 aromatic rings. The van der Waals surface area contributed by atoms with Crippen LogP contribution in [0.1, 0.15) is 12.8 Å². The Bertz CT molecular complexity index is 692. The van der Waals surface area contributed by atoms with Gasteiger partial charge in [-0.25, -0.2) is 12.8 Å². The summed E-state index contributed by atoms with van der Waals surface area (Å²) in [5.41, 5.74) is 4.31. The number of sulfone groups is 1. The van der Waals surface area contributed by atoms with E-state index >= 15 is 0 Å². The van der Waals surface area contributed by atoms with Gasteiger partial charge in [0.05, 0.1) is 11.5 Å². The first kappa shape index (κ1) is 17.2. The number of amides is 2. The molecule has 2 rings (SSSR count). The minimum absolute atomic E-state index is 0.00917. The molecule has 1 aliphatic rings. The molecule has 0 saturated carbocycles. The lowest BCUT2D eigenvalue weighted by atomic mass is 10.1. The van der Waals surface area contributed by atoms with E-state index in [-0.39, 0.29) is 29.6 Å². The smallest absolute Gasteiger partial charge is 0.276 e. The fourth-order valence-electron chi connectivity index (χ4n) is 2.23. The van der Waals surface area contributed by atoms with E-state index in [1.165, 1.54) is 18.2 Å². The Morgan fingerprint density at radius 3 is 2.57 bits per heavy atom. The molecule has 0 spiro atoms. The Labute approximate surface area is 133 Å². The molecule has 7 nitrogen and oxygen atoms in total. The Kier molecular flexibility index (Phi) is 5.54. The summed E-state index contributed by atoms with van der Waals surface area (Å²) >= 11 is 0. The van der Waals surface area contributed by atoms with Crippen molar-refractivity contribution in [3.05, 3.63) is 30.1 Å². The summed E-state index contributed by atoms with van der Waals surface area (Å²) in [4.78, 5) is 23.1. The van der Waals surface area contributed by atoms with Crippen molar-refractivity contribution in [2.75, 3.05) is 18.1 Å². The Hall–Kier alpha value is -2.16. The number of carbonyl (C=O) groups excluding carboxylic acids is 2. The monoisotopic (exact) mass is 344 g/mol. The van der Waals surface area contributed by atoms with Crippen LogP contribution in [0.5, 0.6) is 5.75 Å². The maximum atomic E-state index is 13.3. The van der Waals surface area contributed by atoms with Crippen LogP contribution in [0.4, 0.5) is 4.39 Å². The van der Waals surface area contributed by atoms with Crippen molar-refractivity contribution in [1.29, 1.82) is 0 Å². The second-order valence-electron chi connectivity index (χ2n) is 5.29. The number of ether oxygens (including phenoxy) is 1. The number of hydrazine groups is 1. The number of rotatable bonds is 5. The second kappa shape index (κ2) is 7.40. The van der Waals surface area contributed by atoms with Crippen molar-refractivity contribution in [2.45, 2.75) is 12.8 Å². The first-order chi connectivity index (χ1) is 10.9. The Morgan fingerprint density at radius 1 is 1.22 bits per heavy atom. The quantitative estimate of drug-likeness (QED) is 0.742. The summed E-state index contributed by atoms with van der Waals surface area (Å²) in [6, 6.07) is 5.63. The van der Waals surface area contributed by atoms with Crippen LogP contribution < -0.4 is 15.6 Å². The van der Waals surface area contributed by atoms with Gasteiger partial charge in [0.15, 0.2) is 28.0 Å². The van der Waals surface area contributed by atoms with Gasteiger partial charge in [-0.15, -0.1) is 0 Å². The van der Waals surface area contributed by atoms with Crippen LogP contribution in [-0.4, -0.2) is 38.3 Å². The van der Waals surface area contributed by atoms with Crippen LogP contribution in [0.15, 0.2) is 24.3 Å². The highest BCUT2D eigenvalue weighted by Crippen LogP contribution is 2.21. The molecule has 1 atom stereocenters. The number of nitrogens with one attached hydrogen (secondary N) is 2. The first-order valence-corrected chi connectivity index (χ1v) is 8.83. The molecular formula is C14H17FN2O5S. The predicted octanol–water partition coefficient (Wildman–Crippen LogP) is 0.177. The van der Waals surface area contributed by atoms with Crippen molar-refractivity contribution in [3.8, 4) is 5.75 Å². The molecule has 1 heterocycles. The third kappa shape index (κ3) is 5.51. The zero-order valence-corrected chi connectivity index (χ0v) is 13.1. The number of para-hydroxylation sites is 1. The van der Waals surface area contributed by atoms with E-state index in [0.29, 0.717) is 6.42 Å². The topological polar surface area (TPSA) is 102 Å². The third-order valence-corrected chi connectivity index (χ3v) is 5.17. The van der Waals surface area contributed by atoms with Crippen molar-refractivity contribution in [1.82, 2.24) is 10.9 Å². The van der Waals surface area contributed by atoms with Gasteiger partial charge in [0.1, 0.15) is 0 Å². The molecule has 23 heavy (non-hydrogen) atoms. The van der Waals surface area contributed by atoms with E-state index in [4.69, 9.17) is 4.74 Å². The van der Waals surface area contributed by atoms with E-state index in [1.54, 1.807) is 6.07 Å². The number of hydrogen-bond donors (Lipinski definition) is 2. The number of benzene rings is 1. The lowest BCUT2D eigenvalue weighted by molar-refractivity contribution is -0.130. The van der Waals surface area contributed by atoms with Gasteiger partial charge in [0.25, 0.3) is 5.91 Å². The number of halogens is 1. The minimum Gasteiger partial charge on any atom is -0.481 e. The molecule has 9 heteroatoms. The van der Waals surface area contributed by atoms with E-state index < -0.39 is 34.1 Å². The van der Waals surface area contributed by atoms with E-state index in [1.807, 2.05) is 0 Å². The van der Waals surface area contributed by atoms with Gasteiger partial charge in [-0.1, -0.05) is 12.1 Å². The predicted molar refractivity (Wildman–Crippen MR) is 79.6 cm³/mol.